The second-order valence-electron chi connectivity index (χ2n) is 7.30. The molecule has 132 valence electrons. The zero-order valence-electron chi connectivity index (χ0n) is 14.5. The van der Waals surface area contributed by atoms with Crippen LogP contribution in [0.3, 0.4) is 0 Å². The Morgan fingerprint density at radius 1 is 1.20 bits per heavy atom. The third kappa shape index (κ3) is 3.72. The summed E-state index contributed by atoms with van der Waals surface area (Å²) >= 11 is 0. The first kappa shape index (κ1) is 16.2. The van der Waals surface area contributed by atoms with Crippen molar-refractivity contribution in [2.24, 2.45) is 5.92 Å². The largest absolute Gasteiger partial charge is 0.343 e. The van der Waals surface area contributed by atoms with Crippen LogP contribution in [0.1, 0.15) is 56.7 Å². The first-order valence-corrected chi connectivity index (χ1v) is 9.40. The minimum atomic E-state index is 0.346. The van der Waals surface area contributed by atoms with Gasteiger partial charge in [-0.05, 0) is 43.7 Å². The van der Waals surface area contributed by atoms with Crippen LogP contribution in [-0.4, -0.2) is 44.1 Å². The SMILES string of the molecule is O=C(CC1CCCC1)N1CCC(c2nc(-c3cccnc3)n[nH]2)CC1. The third-order valence-corrected chi connectivity index (χ3v) is 5.59. The van der Waals surface area contributed by atoms with E-state index in [0.717, 1.165) is 43.7 Å². The normalized spacial score (nSPS) is 19.4. The Hall–Kier alpha value is -2.24. The van der Waals surface area contributed by atoms with Gasteiger partial charge in [0.25, 0.3) is 0 Å². The van der Waals surface area contributed by atoms with E-state index in [4.69, 9.17) is 0 Å². The number of H-pyrrole nitrogens is 1. The highest BCUT2D eigenvalue weighted by molar-refractivity contribution is 5.76. The number of nitrogens with zero attached hydrogens (tertiary/aromatic N) is 4. The van der Waals surface area contributed by atoms with Crippen molar-refractivity contribution in [3.05, 3.63) is 30.4 Å². The summed E-state index contributed by atoms with van der Waals surface area (Å²) in [5.41, 5.74) is 0.925. The van der Waals surface area contributed by atoms with Gasteiger partial charge in [0.15, 0.2) is 5.82 Å². The fourth-order valence-electron chi connectivity index (χ4n) is 4.07. The maximum absolute atomic E-state index is 12.5. The number of hydrogen-bond acceptors (Lipinski definition) is 4. The average molecular weight is 339 g/mol. The van der Waals surface area contributed by atoms with Gasteiger partial charge in [0.2, 0.25) is 5.91 Å². The summed E-state index contributed by atoms with van der Waals surface area (Å²) in [5, 5.41) is 7.41. The molecule has 25 heavy (non-hydrogen) atoms. The van der Waals surface area contributed by atoms with Crippen LogP contribution < -0.4 is 0 Å². The molecule has 1 N–H and O–H groups in total. The molecule has 2 aromatic heterocycles. The van der Waals surface area contributed by atoms with Gasteiger partial charge in [-0.25, -0.2) is 4.98 Å². The topological polar surface area (TPSA) is 74.8 Å². The van der Waals surface area contributed by atoms with Gasteiger partial charge in [0.1, 0.15) is 5.82 Å². The van der Waals surface area contributed by atoms with Gasteiger partial charge in [0.05, 0.1) is 0 Å². The number of carbonyl (C=O) groups is 1. The van der Waals surface area contributed by atoms with Crippen molar-refractivity contribution in [1.29, 1.82) is 0 Å². The van der Waals surface area contributed by atoms with Crippen LogP contribution in [0.4, 0.5) is 0 Å². The minimum absolute atomic E-state index is 0.346. The molecule has 0 aromatic carbocycles. The van der Waals surface area contributed by atoms with E-state index in [-0.39, 0.29) is 0 Å². The van der Waals surface area contributed by atoms with E-state index in [2.05, 4.69) is 20.2 Å². The van der Waals surface area contributed by atoms with Gasteiger partial charge in [-0.3, -0.25) is 14.9 Å². The molecule has 2 aromatic rings. The molecule has 6 heteroatoms. The molecule has 2 fully saturated rings. The number of likely N-dealkylation sites (tertiary alicyclic amines) is 1. The van der Waals surface area contributed by atoms with Crippen molar-refractivity contribution in [3.63, 3.8) is 0 Å². The molecule has 4 rings (SSSR count). The van der Waals surface area contributed by atoms with E-state index in [0.29, 0.717) is 23.6 Å². The van der Waals surface area contributed by atoms with E-state index in [1.54, 1.807) is 12.4 Å². The Bertz CT molecular complexity index is 700. The Balaban J connectivity index is 1.33. The van der Waals surface area contributed by atoms with E-state index in [1.165, 1.54) is 25.7 Å². The molecule has 1 amide bonds. The third-order valence-electron chi connectivity index (χ3n) is 5.59. The summed E-state index contributed by atoms with van der Waals surface area (Å²) in [7, 11) is 0. The number of amides is 1. The lowest BCUT2D eigenvalue weighted by Crippen LogP contribution is -2.38. The number of pyridine rings is 1. The van der Waals surface area contributed by atoms with E-state index >= 15 is 0 Å². The zero-order valence-corrected chi connectivity index (χ0v) is 14.5. The van der Waals surface area contributed by atoms with E-state index < -0.39 is 0 Å². The number of aromatic amines is 1. The van der Waals surface area contributed by atoms with Crippen molar-refractivity contribution in [1.82, 2.24) is 25.1 Å². The summed E-state index contributed by atoms with van der Waals surface area (Å²) < 4.78 is 0. The number of carbonyl (C=O) groups excluding carboxylic acids is 1. The predicted octanol–water partition coefficient (Wildman–Crippen LogP) is 3.15. The second kappa shape index (κ2) is 7.33. The standard InChI is InChI=1S/C19H25N5O/c25-17(12-14-4-1-2-5-14)24-10-7-15(8-11-24)18-21-19(23-22-18)16-6-3-9-20-13-16/h3,6,9,13-15H,1-2,4-5,7-8,10-12H2,(H,21,22,23). The Labute approximate surface area is 148 Å². The van der Waals surface area contributed by atoms with Crippen molar-refractivity contribution < 1.29 is 4.79 Å². The van der Waals surface area contributed by atoms with Crippen molar-refractivity contribution in [2.75, 3.05) is 13.1 Å². The quantitative estimate of drug-likeness (QED) is 0.928. The molecule has 0 unspecified atom stereocenters. The van der Waals surface area contributed by atoms with Gasteiger partial charge >= 0.3 is 0 Å². The lowest BCUT2D eigenvalue weighted by atomic mass is 9.95. The highest BCUT2D eigenvalue weighted by Crippen LogP contribution is 2.30. The summed E-state index contributed by atoms with van der Waals surface area (Å²) in [6, 6.07) is 3.85. The molecular weight excluding hydrogens is 314 g/mol. The summed E-state index contributed by atoms with van der Waals surface area (Å²) in [6.07, 6.45) is 11.2. The molecule has 2 aliphatic rings. The van der Waals surface area contributed by atoms with E-state index in [1.807, 2.05) is 17.0 Å². The maximum Gasteiger partial charge on any atom is 0.222 e. The summed E-state index contributed by atoms with van der Waals surface area (Å²) in [4.78, 5) is 23.3. The van der Waals surface area contributed by atoms with Crippen LogP contribution in [0.15, 0.2) is 24.5 Å². The Kier molecular flexibility index (Phi) is 4.76. The molecule has 0 atom stereocenters. The van der Waals surface area contributed by atoms with Gasteiger partial charge in [-0.1, -0.05) is 12.8 Å². The predicted molar refractivity (Wildman–Crippen MR) is 94.7 cm³/mol. The van der Waals surface area contributed by atoms with Gasteiger partial charge in [-0.15, -0.1) is 0 Å². The molecule has 1 aliphatic heterocycles. The molecule has 0 radical (unpaired) electrons. The van der Waals surface area contributed by atoms with Crippen LogP contribution in [0.5, 0.6) is 0 Å². The van der Waals surface area contributed by atoms with Crippen LogP contribution in [0.25, 0.3) is 11.4 Å². The fourth-order valence-corrected chi connectivity index (χ4v) is 4.07. The van der Waals surface area contributed by atoms with Gasteiger partial charge in [-0.2, -0.15) is 5.10 Å². The Morgan fingerprint density at radius 3 is 2.72 bits per heavy atom. The number of hydrogen-bond donors (Lipinski definition) is 1. The highest BCUT2D eigenvalue weighted by Gasteiger charge is 2.28. The highest BCUT2D eigenvalue weighted by atomic mass is 16.2. The molecule has 0 bridgehead atoms. The first-order valence-electron chi connectivity index (χ1n) is 9.40. The van der Waals surface area contributed by atoms with Crippen LogP contribution in [0, 0.1) is 5.92 Å². The number of rotatable bonds is 4. The zero-order chi connectivity index (χ0) is 17.1. The molecule has 6 nitrogen and oxygen atoms in total. The number of aromatic nitrogens is 4. The van der Waals surface area contributed by atoms with Crippen molar-refractivity contribution in [3.8, 4) is 11.4 Å². The smallest absolute Gasteiger partial charge is 0.222 e. The second-order valence-corrected chi connectivity index (χ2v) is 7.30. The van der Waals surface area contributed by atoms with Crippen LogP contribution in [0.2, 0.25) is 0 Å². The Morgan fingerprint density at radius 2 is 2.00 bits per heavy atom. The van der Waals surface area contributed by atoms with Gasteiger partial charge < -0.3 is 4.90 Å². The summed E-state index contributed by atoms with van der Waals surface area (Å²) in [6.45, 7) is 1.66. The molecule has 1 saturated heterocycles. The lowest BCUT2D eigenvalue weighted by molar-refractivity contribution is -0.133. The van der Waals surface area contributed by atoms with Crippen LogP contribution >= 0.6 is 0 Å². The molecule has 1 saturated carbocycles. The van der Waals surface area contributed by atoms with Crippen molar-refractivity contribution >= 4 is 5.91 Å². The molecular formula is C19H25N5O. The molecule has 0 spiro atoms. The average Bonchev–Trinajstić information content (AvgIpc) is 3.34. The number of piperidine rings is 1. The maximum atomic E-state index is 12.5. The van der Waals surface area contributed by atoms with Crippen molar-refractivity contribution in [2.45, 2.75) is 50.9 Å². The molecule has 3 heterocycles. The lowest BCUT2D eigenvalue weighted by Gasteiger charge is -2.31. The monoisotopic (exact) mass is 339 g/mol. The minimum Gasteiger partial charge on any atom is -0.343 e. The van der Waals surface area contributed by atoms with Gasteiger partial charge in [0, 0.05) is 43.4 Å². The van der Waals surface area contributed by atoms with Crippen LogP contribution in [-0.2, 0) is 4.79 Å². The molecule has 1 aliphatic carbocycles. The summed E-state index contributed by atoms with van der Waals surface area (Å²) in [5.74, 6) is 2.96. The van der Waals surface area contributed by atoms with E-state index in [9.17, 15) is 4.79 Å². The first-order chi connectivity index (χ1) is 12.3. The fraction of sp³-hybridized carbons (Fsp3) is 0.579. The number of nitrogens with one attached hydrogen (secondary N) is 1.